The number of piperidine rings is 1. The van der Waals surface area contributed by atoms with Gasteiger partial charge in [-0.05, 0) is 49.2 Å². The second-order valence-electron chi connectivity index (χ2n) is 6.56. The molecule has 5 nitrogen and oxygen atoms in total. The molecule has 1 aliphatic rings. The van der Waals surface area contributed by atoms with Gasteiger partial charge in [-0.15, -0.1) is 12.4 Å². The van der Waals surface area contributed by atoms with Gasteiger partial charge < -0.3 is 5.32 Å². The van der Waals surface area contributed by atoms with Crippen LogP contribution in [-0.4, -0.2) is 27.5 Å². The molecule has 0 spiro atoms. The van der Waals surface area contributed by atoms with Crippen molar-refractivity contribution in [1.29, 1.82) is 5.26 Å². The van der Waals surface area contributed by atoms with Crippen LogP contribution in [0.4, 0.5) is 8.78 Å². The Balaban J connectivity index is 0.00000280. The summed E-state index contributed by atoms with van der Waals surface area (Å²) in [6.07, 6.45) is 0.567. The minimum absolute atomic E-state index is 0. The van der Waals surface area contributed by atoms with Gasteiger partial charge in [0.15, 0.2) is 11.6 Å². The zero-order valence-corrected chi connectivity index (χ0v) is 16.7. The predicted octanol–water partition coefficient (Wildman–Crippen LogP) is 2.99. The van der Waals surface area contributed by atoms with E-state index in [1.54, 1.807) is 19.1 Å². The van der Waals surface area contributed by atoms with Crippen molar-refractivity contribution in [1.82, 2.24) is 10.0 Å². The highest BCUT2D eigenvalue weighted by Gasteiger charge is 2.32. The van der Waals surface area contributed by atoms with Gasteiger partial charge in [-0.3, -0.25) is 0 Å². The fraction of sp³-hybridized carbons (Fsp3) is 0.316. The summed E-state index contributed by atoms with van der Waals surface area (Å²) in [5.41, 5.74) is 1.20. The number of benzene rings is 2. The van der Waals surface area contributed by atoms with E-state index < -0.39 is 27.7 Å². The van der Waals surface area contributed by atoms with Gasteiger partial charge in [0, 0.05) is 18.5 Å². The number of sulfonamides is 1. The first-order chi connectivity index (χ1) is 12.8. The third kappa shape index (κ3) is 4.50. The van der Waals surface area contributed by atoms with Crippen LogP contribution in [-0.2, 0) is 10.0 Å². The van der Waals surface area contributed by atoms with Crippen molar-refractivity contribution in [3.8, 4) is 6.07 Å². The second-order valence-corrected chi connectivity index (χ2v) is 8.24. The molecule has 2 aromatic rings. The number of nitrogens with one attached hydrogen (secondary N) is 2. The molecule has 2 N–H and O–H groups in total. The lowest BCUT2D eigenvalue weighted by Crippen LogP contribution is -2.50. The maximum absolute atomic E-state index is 13.6. The number of nitriles is 1. The lowest BCUT2D eigenvalue weighted by Gasteiger charge is -2.33. The van der Waals surface area contributed by atoms with Crippen molar-refractivity contribution in [3.05, 3.63) is 64.7 Å². The van der Waals surface area contributed by atoms with Crippen molar-refractivity contribution in [3.63, 3.8) is 0 Å². The highest BCUT2D eigenvalue weighted by atomic mass is 35.5. The molecule has 1 saturated heterocycles. The smallest absolute Gasteiger partial charge is 0.242 e. The summed E-state index contributed by atoms with van der Waals surface area (Å²) in [5.74, 6) is -2.22. The first-order valence-electron chi connectivity index (χ1n) is 8.51. The number of hydrogen-bond acceptors (Lipinski definition) is 4. The lowest BCUT2D eigenvalue weighted by molar-refractivity contribution is 0.376. The Bertz CT molecular complexity index is 1010. The SMILES string of the molecule is Cc1cccc(S(=O)(=O)NC2CNCCC2c2ccc(F)c(F)c2)c1C#N.Cl. The van der Waals surface area contributed by atoms with E-state index in [2.05, 4.69) is 10.0 Å². The van der Waals surface area contributed by atoms with E-state index in [0.29, 0.717) is 30.6 Å². The standard InChI is InChI=1S/C19H19F2N3O2S.ClH/c1-12-3-2-4-19(15(12)10-22)27(25,26)24-18-11-23-8-7-14(18)13-5-6-16(20)17(21)9-13;/h2-6,9,14,18,23-24H,7-8,11H2,1H3;1H. The topological polar surface area (TPSA) is 82.0 Å². The number of nitrogens with zero attached hydrogens (tertiary/aromatic N) is 1. The molecule has 0 aromatic heterocycles. The molecule has 1 fully saturated rings. The van der Waals surface area contributed by atoms with Gasteiger partial charge >= 0.3 is 0 Å². The first-order valence-corrected chi connectivity index (χ1v) is 9.99. The largest absolute Gasteiger partial charge is 0.315 e. The summed E-state index contributed by atoms with van der Waals surface area (Å²) in [5, 5.41) is 12.4. The lowest BCUT2D eigenvalue weighted by atomic mass is 9.86. The Kier molecular flexibility index (Phi) is 7.12. The second kappa shape index (κ2) is 8.97. The van der Waals surface area contributed by atoms with Crippen LogP contribution in [0.2, 0.25) is 0 Å². The Hall–Kier alpha value is -2.05. The van der Waals surface area contributed by atoms with E-state index in [9.17, 15) is 22.5 Å². The summed E-state index contributed by atoms with van der Waals surface area (Å²) in [7, 11) is -3.96. The molecule has 0 radical (unpaired) electrons. The molecule has 1 aliphatic heterocycles. The molecule has 2 atom stereocenters. The summed E-state index contributed by atoms with van der Waals surface area (Å²) < 4.78 is 55.3. The van der Waals surface area contributed by atoms with Crippen LogP contribution in [0.25, 0.3) is 0 Å². The Morgan fingerprint density at radius 1 is 1.21 bits per heavy atom. The number of hydrogen-bond donors (Lipinski definition) is 2. The number of halogens is 3. The van der Waals surface area contributed by atoms with Gasteiger partial charge in [-0.2, -0.15) is 5.26 Å². The third-order valence-electron chi connectivity index (χ3n) is 4.80. The van der Waals surface area contributed by atoms with Gasteiger partial charge in [0.1, 0.15) is 11.0 Å². The monoisotopic (exact) mass is 427 g/mol. The molecule has 2 aromatic carbocycles. The molecular weight excluding hydrogens is 408 g/mol. The normalized spacial score (nSPS) is 19.5. The minimum atomic E-state index is -3.96. The summed E-state index contributed by atoms with van der Waals surface area (Å²) in [6.45, 7) is 2.65. The molecule has 9 heteroatoms. The van der Waals surface area contributed by atoms with Crippen molar-refractivity contribution < 1.29 is 17.2 Å². The van der Waals surface area contributed by atoms with E-state index >= 15 is 0 Å². The first kappa shape index (κ1) is 22.2. The molecule has 150 valence electrons. The molecule has 2 unspecified atom stereocenters. The average Bonchev–Trinajstić information content (AvgIpc) is 2.64. The number of aryl methyl sites for hydroxylation is 1. The maximum atomic E-state index is 13.6. The Morgan fingerprint density at radius 3 is 2.64 bits per heavy atom. The molecular formula is C19H20ClF2N3O2S. The van der Waals surface area contributed by atoms with E-state index in [1.165, 1.54) is 12.1 Å². The van der Waals surface area contributed by atoms with Gasteiger partial charge in [0.05, 0.1) is 5.56 Å². The fourth-order valence-corrected chi connectivity index (χ4v) is 4.90. The van der Waals surface area contributed by atoms with Crippen LogP contribution in [0, 0.1) is 29.9 Å². The van der Waals surface area contributed by atoms with Crippen molar-refractivity contribution >= 4 is 22.4 Å². The van der Waals surface area contributed by atoms with Gasteiger partial charge in [-0.25, -0.2) is 21.9 Å². The average molecular weight is 428 g/mol. The van der Waals surface area contributed by atoms with Crippen LogP contribution < -0.4 is 10.0 Å². The van der Waals surface area contributed by atoms with Crippen molar-refractivity contribution in [2.45, 2.75) is 30.2 Å². The fourth-order valence-electron chi connectivity index (χ4n) is 3.40. The molecule has 3 rings (SSSR count). The van der Waals surface area contributed by atoms with E-state index in [-0.39, 0.29) is 28.8 Å². The van der Waals surface area contributed by atoms with Crippen LogP contribution in [0.3, 0.4) is 0 Å². The van der Waals surface area contributed by atoms with Crippen molar-refractivity contribution in [2.75, 3.05) is 13.1 Å². The third-order valence-corrected chi connectivity index (χ3v) is 6.33. The highest BCUT2D eigenvalue weighted by Crippen LogP contribution is 2.28. The quantitative estimate of drug-likeness (QED) is 0.785. The molecule has 0 bridgehead atoms. The van der Waals surface area contributed by atoms with Gasteiger partial charge in [0.25, 0.3) is 0 Å². The summed E-state index contributed by atoms with van der Waals surface area (Å²) in [4.78, 5) is -0.0837. The zero-order valence-electron chi connectivity index (χ0n) is 15.1. The molecule has 28 heavy (non-hydrogen) atoms. The molecule has 0 amide bonds. The van der Waals surface area contributed by atoms with E-state index in [4.69, 9.17) is 0 Å². The number of rotatable bonds is 4. The van der Waals surface area contributed by atoms with E-state index in [0.717, 1.165) is 12.1 Å². The van der Waals surface area contributed by atoms with Crippen LogP contribution >= 0.6 is 12.4 Å². The van der Waals surface area contributed by atoms with Gasteiger partial charge in [-0.1, -0.05) is 18.2 Å². The minimum Gasteiger partial charge on any atom is -0.315 e. The van der Waals surface area contributed by atoms with Crippen LogP contribution in [0.1, 0.15) is 29.0 Å². The molecule has 1 heterocycles. The predicted molar refractivity (Wildman–Crippen MR) is 104 cm³/mol. The Morgan fingerprint density at radius 2 is 1.96 bits per heavy atom. The van der Waals surface area contributed by atoms with E-state index in [1.807, 2.05) is 6.07 Å². The molecule has 0 saturated carbocycles. The highest BCUT2D eigenvalue weighted by molar-refractivity contribution is 7.89. The zero-order chi connectivity index (χ0) is 19.6. The maximum Gasteiger partial charge on any atom is 0.242 e. The summed E-state index contributed by atoms with van der Waals surface area (Å²) >= 11 is 0. The molecule has 0 aliphatic carbocycles. The summed E-state index contributed by atoms with van der Waals surface area (Å²) in [6, 6.07) is 9.65. The van der Waals surface area contributed by atoms with Crippen molar-refractivity contribution in [2.24, 2.45) is 0 Å². The van der Waals surface area contributed by atoms with Crippen LogP contribution in [0.15, 0.2) is 41.3 Å². The van der Waals surface area contributed by atoms with Crippen LogP contribution in [0.5, 0.6) is 0 Å². The Labute approximate surface area is 169 Å². The van der Waals surface area contributed by atoms with Gasteiger partial charge in [0.2, 0.25) is 10.0 Å².